The fourth-order valence-electron chi connectivity index (χ4n) is 4.62. The molecule has 4 aromatic rings. The van der Waals surface area contributed by atoms with E-state index in [0.717, 1.165) is 40.8 Å². The zero-order valence-electron chi connectivity index (χ0n) is 24.5. The highest BCUT2D eigenvalue weighted by Crippen LogP contribution is 2.32. The Bertz CT molecular complexity index is 1490. The van der Waals surface area contributed by atoms with Crippen molar-refractivity contribution in [3.8, 4) is 0 Å². The standard InChI is InChI=1S/C32H40N6O3/c1-32(2,3)14-17-37(26-10-11-28-25(20-26)13-16-38(28)31(41)33-4)27-12-15-34-29(21-27)35-30(40)24-8-6-23(7-9-24)22-36(5)18-19-39/h6-13,15-16,20-21,39H,14,17-19,22H2,1-5H3,(H,33,41)(H,34,35,40). The molecule has 0 spiro atoms. The van der Waals surface area contributed by atoms with Gasteiger partial charge in [-0.3, -0.25) is 14.3 Å². The second-order valence-electron chi connectivity index (χ2n) is 11.5. The first-order valence-electron chi connectivity index (χ1n) is 13.8. The predicted octanol–water partition coefficient (Wildman–Crippen LogP) is 5.47. The van der Waals surface area contributed by atoms with E-state index in [1.807, 2.05) is 54.4 Å². The number of rotatable bonds is 10. The summed E-state index contributed by atoms with van der Waals surface area (Å²) in [5.74, 6) is 0.231. The average molecular weight is 557 g/mol. The van der Waals surface area contributed by atoms with E-state index >= 15 is 0 Å². The van der Waals surface area contributed by atoms with Crippen LogP contribution in [0.4, 0.5) is 22.0 Å². The van der Waals surface area contributed by atoms with Gasteiger partial charge >= 0.3 is 6.03 Å². The van der Waals surface area contributed by atoms with Crippen LogP contribution in [0.2, 0.25) is 0 Å². The smallest absolute Gasteiger partial charge is 0.325 e. The molecular weight excluding hydrogens is 516 g/mol. The van der Waals surface area contributed by atoms with E-state index < -0.39 is 0 Å². The molecule has 0 radical (unpaired) electrons. The molecule has 2 amide bonds. The third-order valence-electron chi connectivity index (χ3n) is 6.95. The first kappa shape index (κ1) is 29.8. The van der Waals surface area contributed by atoms with Crippen molar-refractivity contribution in [2.75, 3.05) is 44.0 Å². The van der Waals surface area contributed by atoms with E-state index in [2.05, 4.69) is 47.4 Å². The molecule has 9 heteroatoms. The summed E-state index contributed by atoms with van der Waals surface area (Å²) in [6.45, 7) is 8.79. The molecule has 0 unspecified atom stereocenters. The monoisotopic (exact) mass is 556 g/mol. The molecule has 0 saturated carbocycles. The first-order valence-corrected chi connectivity index (χ1v) is 13.8. The lowest BCUT2D eigenvalue weighted by molar-refractivity contribution is 0.102. The van der Waals surface area contributed by atoms with Crippen molar-refractivity contribution in [2.24, 2.45) is 5.41 Å². The van der Waals surface area contributed by atoms with Gasteiger partial charge in [0.15, 0.2) is 0 Å². The van der Waals surface area contributed by atoms with Crippen molar-refractivity contribution in [3.05, 3.63) is 84.2 Å². The Morgan fingerprint density at radius 3 is 2.39 bits per heavy atom. The molecule has 0 aliphatic carbocycles. The highest BCUT2D eigenvalue weighted by Gasteiger charge is 2.18. The molecule has 3 N–H and O–H groups in total. The maximum atomic E-state index is 13.0. The van der Waals surface area contributed by atoms with Gasteiger partial charge in [0.25, 0.3) is 5.91 Å². The van der Waals surface area contributed by atoms with Crippen LogP contribution in [-0.2, 0) is 6.54 Å². The normalized spacial score (nSPS) is 11.6. The van der Waals surface area contributed by atoms with Gasteiger partial charge in [-0.2, -0.15) is 0 Å². The molecule has 0 fully saturated rings. The number of aliphatic hydroxyl groups excluding tert-OH is 1. The van der Waals surface area contributed by atoms with Crippen LogP contribution in [0.3, 0.4) is 0 Å². The number of fused-ring (bicyclic) bond motifs is 1. The van der Waals surface area contributed by atoms with E-state index in [-0.39, 0.29) is 24.0 Å². The summed E-state index contributed by atoms with van der Waals surface area (Å²) in [4.78, 5) is 33.9. The molecule has 0 aliphatic rings. The Morgan fingerprint density at radius 1 is 0.976 bits per heavy atom. The molecule has 2 heterocycles. The van der Waals surface area contributed by atoms with Crippen molar-refractivity contribution in [1.29, 1.82) is 0 Å². The zero-order chi connectivity index (χ0) is 29.6. The van der Waals surface area contributed by atoms with Crippen molar-refractivity contribution in [3.63, 3.8) is 0 Å². The number of nitrogens with one attached hydrogen (secondary N) is 2. The number of amides is 2. The van der Waals surface area contributed by atoms with E-state index in [9.17, 15) is 9.59 Å². The number of pyridine rings is 1. The van der Waals surface area contributed by atoms with E-state index in [1.165, 1.54) is 0 Å². The fraction of sp³-hybridized carbons (Fsp3) is 0.344. The van der Waals surface area contributed by atoms with Gasteiger partial charge in [0.2, 0.25) is 0 Å². The maximum Gasteiger partial charge on any atom is 0.325 e. The van der Waals surface area contributed by atoms with Gasteiger partial charge in [-0.25, -0.2) is 9.78 Å². The highest BCUT2D eigenvalue weighted by atomic mass is 16.3. The Hall–Kier alpha value is -4.21. The molecule has 0 aliphatic heterocycles. The second-order valence-corrected chi connectivity index (χ2v) is 11.5. The van der Waals surface area contributed by atoms with E-state index in [1.54, 1.807) is 36.1 Å². The number of anilines is 3. The summed E-state index contributed by atoms with van der Waals surface area (Å²) in [5.41, 5.74) is 4.45. The van der Waals surface area contributed by atoms with Crippen LogP contribution < -0.4 is 15.5 Å². The minimum atomic E-state index is -0.233. The van der Waals surface area contributed by atoms with Gasteiger partial charge in [-0.1, -0.05) is 32.9 Å². The number of aliphatic hydroxyl groups is 1. The van der Waals surface area contributed by atoms with Crippen molar-refractivity contribution >= 4 is 40.0 Å². The summed E-state index contributed by atoms with van der Waals surface area (Å²) in [6.07, 6.45) is 4.41. The van der Waals surface area contributed by atoms with Gasteiger partial charge in [-0.05, 0) is 66.9 Å². The molecule has 41 heavy (non-hydrogen) atoms. The first-order chi connectivity index (χ1) is 19.6. The number of nitrogens with zero attached hydrogens (tertiary/aromatic N) is 4. The number of carbonyl (C=O) groups is 2. The Kier molecular flexibility index (Phi) is 9.42. The van der Waals surface area contributed by atoms with Crippen LogP contribution in [0.25, 0.3) is 10.9 Å². The van der Waals surface area contributed by atoms with Crippen LogP contribution in [0.5, 0.6) is 0 Å². The highest BCUT2D eigenvalue weighted by molar-refractivity contribution is 6.04. The molecule has 4 rings (SSSR count). The summed E-state index contributed by atoms with van der Waals surface area (Å²) >= 11 is 0. The minimum Gasteiger partial charge on any atom is -0.395 e. The van der Waals surface area contributed by atoms with Crippen LogP contribution in [0.1, 0.15) is 43.1 Å². The van der Waals surface area contributed by atoms with Crippen LogP contribution in [-0.4, -0.2) is 65.3 Å². The lowest BCUT2D eigenvalue weighted by atomic mass is 9.92. The predicted molar refractivity (Wildman–Crippen MR) is 165 cm³/mol. The summed E-state index contributed by atoms with van der Waals surface area (Å²) < 4.78 is 1.60. The van der Waals surface area contributed by atoms with E-state index in [0.29, 0.717) is 24.5 Å². The number of hydrogen-bond donors (Lipinski definition) is 3. The van der Waals surface area contributed by atoms with Crippen LogP contribution >= 0.6 is 0 Å². The molecule has 2 aromatic carbocycles. The van der Waals surface area contributed by atoms with E-state index in [4.69, 9.17) is 5.11 Å². The number of likely N-dealkylation sites (N-methyl/N-ethyl adjacent to an activating group) is 1. The van der Waals surface area contributed by atoms with Crippen LogP contribution in [0.15, 0.2) is 73.1 Å². The summed E-state index contributed by atoms with van der Waals surface area (Å²) in [6, 6.07) is 19.1. The number of aromatic nitrogens is 2. The fourth-order valence-corrected chi connectivity index (χ4v) is 4.62. The number of hydrogen-bond acceptors (Lipinski definition) is 6. The lowest BCUT2D eigenvalue weighted by Gasteiger charge is -2.29. The topological polar surface area (TPSA) is 103 Å². The quantitative estimate of drug-likeness (QED) is 0.239. The zero-order valence-corrected chi connectivity index (χ0v) is 24.5. The third kappa shape index (κ3) is 7.71. The molecule has 2 aromatic heterocycles. The molecular formula is C32H40N6O3. The van der Waals surface area contributed by atoms with Crippen LogP contribution in [0, 0.1) is 5.41 Å². The van der Waals surface area contributed by atoms with Crippen molar-refractivity contribution in [2.45, 2.75) is 33.7 Å². The van der Waals surface area contributed by atoms with Gasteiger partial charge in [0.05, 0.1) is 12.1 Å². The van der Waals surface area contributed by atoms with Crippen molar-refractivity contribution < 1.29 is 14.7 Å². The largest absolute Gasteiger partial charge is 0.395 e. The third-order valence-corrected chi connectivity index (χ3v) is 6.95. The number of benzene rings is 2. The minimum absolute atomic E-state index is 0.108. The lowest BCUT2D eigenvalue weighted by Crippen LogP contribution is -2.24. The molecule has 9 nitrogen and oxygen atoms in total. The molecule has 0 atom stereocenters. The number of carbonyl (C=O) groups excluding carboxylic acids is 2. The van der Waals surface area contributed by atoms with Crippen molar-refractivity contribution in [1.82, 2.24) is 19.8 Å². The van der Waals surface area contributed by atoms with Gasteiger partial charge in [0.1, 0.15) is 5.82 Å². The Balaban J connectivity index is 1.57. The molecule has 0 saturated heterocycles. The summed E-state index contributed by atoms with van der Waals surface area (Å²) in [5, 5.41) is 15.7. The van der Waals surface area contributed by atoms with Gasteiger partial charge in [-0.15, -0.1) is 0 Å². The molecule has 216 valence electrons. The Labute approximate surface area is 241 Å². The van der Waals surface area contributed by atoms with Gasteiger partial charge in [0, 0.05) is 67.5 Å². The average Bonchev–Trinajstić information content (AvgIpc) is 3.36. The molecule has 0 bridgehead atoms. The second kappa shape index (κ2) is 13.0. The Morgan fingerprint density at radius 2 is 1.71 bits per heavy atom. The summed E-state index contributed by atoms with van der Waals surface area (Å²) in [7, 11) is 3.56. The SMILES string of the molecule is CNC(=O)n1ccc2cc(N(CCC(C)(C)C)c3ccnc(NC(=O)c4ccc(CN(C)CCO)cc4)c3)ccc21. The maximum absolute atomic E-state index is 13.0. The van der Waals surface area contributed by atoms with Gasteiger partial charge < -0.3 is 20.6 Å².